The number of pyridine rings is 1. The van der Waals surface area contributed by atoms with Gasteiger partial charge in [0, 0.05) is 54.9 Å². The summed E-state index contributed by atoms with van der Waals surface area (Å²) >= 11 is 5.46. The summed E-state index contributed by atoms with van der Waals surface area (Å²) in [6, 6.07) is 19.8. The van der Waals surface area contributed by atoms with Crippen molar-refractivity contribution in [1.29, 1.82) is 0 Å². The highest BCUT2D eigenvalue weighted by atomic mass is 32.1. The molecule has 44 heavy (non-hydrogen) atoms. The monoisotopic (exact) mass is 612 g/mol. The molecule has 6 nitrogen and oxygen atoms in total. The summed E-state index contributed by atoms with van der Waals surface area (Å²) in [5.74, 6) is 3.39. The summed E-state index contributed by atoms with van der Waals surface area (Å²) in [6.45, 7) is 3.01. The lowest BCUT2D eigenvalue weighted by molar-refractivity contribution is -0.117. The Balaban J connectivity index is 1.10. The molecule has 1 saturated carbocycles. The van der Waals surface area contributed by atoms with Crippen molar-refractivity contribution in [3.8, 4) is 23.0 Å². The number of carbonyl (C=O) groups excluding carboxylic acids is 1. The second-order valence-corrected chi connectivity index (χ2v) is 12.8. The third-order valence-corrected chi connectivity index (χ3v) is 9.04. The first-order valence-corrected chi connectivity index (χ1v) is 15.6. The SMILES string of the molecule is COc1cc2c(Oc3ccc(CC(=S)CC(=O)Cc4ccccc4)cc3F)ccnc2cc1OCC1CC2CN(C)CC2C1. The molecule has 2 aliphatic rings. The number of rotatable bonds is 12. The van der Waals surface area contributed by atoms with Gasteiger partial charge in [0.2, 0.25) is 0 Å². The molecule has 1 aliphatic heterocycles. The molecule has 4 aromatic rings. The van der Waals surface area contributed by atoms with Gasteiger partial charge >= 0.3 is 0 Å². The molecule has 8 heteroatoms. The number of ketones is 1. The molecule has 0 radical (unpaired) electrons. The van der Waals surface area contributed by atoms with Crippen molar-refractivity contribution in [3.05, 3.63) is 89.9 Å². The van der Waals surface area contributed by atoms with E-state index in [4.69, 9.17) is 26.4 Å². The zero-order valence-electron chi connectivity index (χ0n) is 25.1. The van der Waals surface area contributed by atoms with Crippen molar-refractivity contribution in [1.82, 2.24) is 9.88 Å². The van der Waals surface area contributed by atoms with Gasteiger partial charge in [0.05, 0.1) is 19.2 Å². The van der Waals surface area contributed by atoms with Crippen molar-refractivity contribution in [2.45, 2.75) is 32.1 Å². The van der Waals surface area contributed by atoms with Crippen LogP contribution in [0.2, 0.25) is 0 Å². The van der Waals surface area contributed by atoms with Gasteiger partial charge in [0.15, 0.2) is 23.1 Å². The molecule has 1 saturated heterocycles. The predicted octanol–water partition coefficient (Wildman–Crippen LogP) is 7.26. The molecular formula is C36H37FN2O4S. The van der Waals surface area contributed by atoms with Crippen molar-refractivity contribution in [3.63, 3.8) is 0 Å². The van der Waals surface area contributed by atoms with E-state index in [0.717, 1.165) is 17.4 Å². The molecule has 1 aromatic heterocycles. The quantitative estimate of drug-likeness (QED) is 0.156. The Bertz CT molecular complexity index is 1650. The Kier molecular flexibility index (Phi) is 9.19. The van der Waals surface area contributed by atoms with Gasteiger partial charge in [0.25, 0.3) is 0 Å². The van der Waals surface area contributed by atoms with E-state index in [0.29, 0.717) is 63.9 Å². The van der Waals surface area contributed by atoms with Crippen LogP contribution in [0.3, 0.4) is 0 Å². The number of methoxy groups -OCH3 is 1. The number of ether oxygens (including phenoxy) is 3. The third kappa shape index (κ3) is 7.08. The molecular weight excluding hydrogens is 575 g/mol. The molecule has 6 rings (SSSR count). The van der Waals surface area contributed by atoms with Gasteiger partial charge in [-0.15, -0.1) is 0 Å². The summed E-state index contributed by atoms with van der Waals surface area (Å²) in [5.41, 5.74) is 2.32. The van der Waals surface area contributed by atoms with Crippen molar-refractivity contribution in [2.75, 3.05) is 33.9 Å². The van der Waals surface area contributed by atoms with E-state index in [9.17, 15) is 4.79 Å². The Morgan fingerprint density at radius 3 is 2.43 bits per heavy atom. The highest BCUT2D eigenvalue weighted by molar-refractivity contribution is 7.80. The maximum absolute atomic E-state index is 15.2. The van der Waals surface area contributed by atoms with Gasteiger partial charge in [-0.3, -0.25) is 9.78 Å². The normalized spacial score (nSPS) is 19.6. The lowest BCUT2D eigenvalue weighted by Crippen LogP contribution is -2.18. The molecule has 0 bridgehead atoms. The standard InChI is InChI=1S/C36H37FN2O4S/c1-39-20-26-12-25(13-27(26)21-39)22-42-36-19-32-30(18-35(36)41-2)33(10-11-38-32)43-34-9-8-24(16-31(34)37)15-29(44)17-28(40)14-23-6-4-3-5-7-23/h3-11,16,18-19,25-27H,12-15,17,20-22H2,1-2H3. The van der Waals surface area contributed by atoms with E-state index in [1.807, 2.05) is 42.5 Å². The number of hydrogen-bond donors (Lipinski definition) is 0. The Labute approximate surface area is 263 Å². The Morgan fingerprint density at radius 2 is 1.70 bits per heavy atom. The fraction of sp³-hybridized carbons (Fsp3) is 0.361. The van der Waals surface area contributed by atoms with Crippen LogP contribution in [0.4, 0.5) is 4.39 Å². The Morgan fingerprint density at radius 1 is 0.932 bits per heavy atom. The van der Waals surface area contributed by atoms with Crippen LogP contribution in [0, 0.1) is 23.6 Å². The number of fused-ring (bicyclic) bond motifs is 2. The summed E-state index contributed by atoms with van der Waals surface area (Å²) < 4.78 is 33.2. The van der Waals surface area contributed by atoms with Gasteiger partial charge in [-0.05, 0) is 73.0 Å². The van der Waals surface area contributed by atoms with E-state index < -0.39 is 5.82 Å². The number of thiocarbonyl (C=S) groups is 1. The topological polar surface area (TPSA) is 60.9 Å². The molecule has 3 aromatic carbocycles. The number of benzene rings is 3. The van der Waals surface area contributed by atoms with Crippen LogP contribution in [0.25, 0.3) is 10.9 Å². The van der Waals surface area contributed by atoms with Gasteiger partial charge in [0.1, 0.15) is 11.5 Å². The fourth-order valence-electron chi connectivity index (χ4n) is 6.74. The zero-order valence-corrected chi connectivity index (χ0v) is 25.9. The van der Waals surface area contributed by atoms with Gasteiger partial charge in [-0.2, -0.15) is 0 Å². The van der Waals surface area contributed by atoms with E-state index >= 15 is 4.39 Å². The number of nitrogens with zero attached hydrogens (tertiary/aromatic N) is 2. The van der Waals surface area contributed by atoms with E-state index in [2.05, 4.69) is 16.9 Å². The van der Waals surface area contributed by atoms with Crippen LogP contribution in [-0.4, -0.2) is 54.4 Å². The van der Waals surface area contributed by atoms with Crippen molar-refractivity contribution < 1.29 is 23.4 Å². The van der Waals surface area contributed by atoms with Gasteiger partial charge in [-0.25, -0.2) is 4.39 Å². The van der Waals surface area contributed by atoms with E-state index in [1.54, 1.807) is 31.5 Å². The van der Waals surface area contributed by atoms with Gasteiger partial charge in [-0.1, -0.05) is 48.6 Å². The first-order valence-electron chi connectivity index (χ1n) is 15.2. The molecule has 0 N–H and O–H groups in total. The number of hydrogen-bond acceptors (Lipinski definition) is 7. The molecule has 2 atom stereocenters. The second kappa shape index (κ2) is 13.4. The minimum absolute atomic E-state index is 0.0454. The van der Waals surface area contributed by atoms with Crippen LogP contribution in [-0.2, 0) is 17.6 Å². The van der Waals surface area contributed by atoms with Crippen LogP contribution in [0.5, 0.6) is 23.0 Å². The van der Waals surface area contributed by atoms with E-state index in [1.165, 1.54) is 32.0 Å². The van der Waals surface area contributed by atoms with Crippen molar-refractivity contribution >= 4 is 33.8 Å². The zero-order chi connectivity index (χ0) is 30.6. The van der Waals surface area contributed by atoms with Gasteiger partial charge < -0.3 is 19.1 Å². The average molecular weight is 613 g/mol. The largest absolute Gasteiger partial charge is 0.493 e. The second-order valence-electron chi connectivity index (χ2n) is 12.2. The molecule has 2 fully saturated rings. The highest BCUT2D eigenvalue weighted by Crippen LogP contribution is 2.42. The predicted molar refractivity (Wildman–Crippen MR) is 174 cm³/mol. The lowest BCUT2D eigenvalue weighted by atomic mass is 10.0. The van der Waals surface area contributed by atoms with Crippen LogP contribution in [0.1, 0.15) is 30.4 Å². The van der Waals surface area contributed by atoms with Crippen molar-refractivity contribution in [2.24, 2.45) is 17.8 Å². The summed E-state index contributed by atoms with van der Waals surface area (Å²) in [5, 5.41) is 0.691. The number of carbonyl (C=O) groups is 1. The number of Topliss-reactive ketones (excluding diaryl/α,β-unsaturated/α-hetero) is 1. The fourth-order valence-corrected chi connectivity index (χ4v) is 7.07. The smallest absolute Gasteiger partial charge is 0.166 e. The first kappa shape index (κ1) is 30.2. The van der Waals surface area contributed by atoms with Crippen LogP contribution < -0.4 is 14.2 Å². The number of aromatic nitrogens is 1. The average Bonchev–Trinajstić information content (AvgIpc) is 3.54. The molecule has 1 aliphatic carbocycles. The molecule has 2 unspecified atom stereocenters. The summed E-state index contributed by atoms with van der Waals surface area (Å²) in [4.78, 5) is 20.0. The van der Waals surface area contributed by atoms with Crippen LogP contribution >= 0.6 is 12.2 Å². The summed E-state index contributed by atoms with van der Waals surface area (Å²) in [6.07, 6.45) is 4.89. The third-order valence-electron chi connectivity index (χ3n) is 8.75. The molecule has 228 valence electrons. The van der Waals surface area contributed by atoms with Crippen LogP contribution in [0.15, 0.2) is 72.9 Å². The Hall–Kier alpha value is -3.88. The maximum Gasteiger partial charge on any atom is 0.166 e. The maximum atomic E-state index is 15.2. The number of likely N-dealkylation sites (tertiary alicyclic amines) is 1. The minimum Gasteiger partial charge on any atom is -0.493 e. The summed E-state index contributed by atoms with van der Waals surface area (Å²) in [7, 11) is 3.81. The highest BCUT2D eigenvalue weighted by Gasteiger charge is 2.39. The van der Waals surface area contributed by atoms with E-state index in [-0.39, 0.29) is 18.0 Å². The minimum atomic E-state index is -0.509. The molecule has 2 heterocycles. The lowest BCUT2D eigenvalue weighted by Gasteiger charge is -2.18. The first-order chi connectivity index (χ1) is 21.3. The molecule has 0 amide bonds. The molecule has 0 spiro atoms. The number of halogens is 1.